The van der Waals surface area contributed by atoms with Crippen molar-refractivity contribution in [3.8, 4) is 0 Å². The van der Waals surface area contributed by atoms with E-state index in [2.05, 4.69) is 18.7 Å². The number of morpholine rings is 1. The summed E-state index contributed by atoms with van der Waals surface area (Å²) >= 11 is 0. The summed E-state index contributed by atoms with van der Waals surface area (Å²) < 4.78 is 5.56. The Kier molecular flexibility index (Phi) is 7.82. The number of hydrogen-bond donors (Lipinski definition) is 1. The molecule has 0 radical (unpaired) electrons. The number of unbranched alkanes of at least 4 members (excludes halogenated alkanes) is 3. The van der Waals surface area contributed by atoms with Crippen molar-refractivity contribution in [1.29, 1.82) is 0 Å². The molecule has 2 atom stereocenters. The van der Waals surface area contributed by atoms with Gasteiger partial charge in [0.2, 0.25) is 0 Å². The summed E-state index contributed by atoms with van der Waals surface area (Å²) in [5.41, 5.74) is 5.95. The standard InChI is InChI=1S/C14H30N2O/c1-3-5-6-7-8-14(11-15)16-9-10-17-12-13(16)4-2/h13-14H,3-12,15H2,1-2H3. The molecule has 0 aliphatic carbocycles. The van der Waals surface area contributed by atoms with E-state index in [0.29, 0.717) is 12.1 Å². The third-order valence-corrected chi connectivity index (χ3v) is 3.88. The van der Waals surface area contributed by atoms with Crippen molar-refractivity contribution in [2.75, 3.05) is 26.3 Å². The maximum Gasteiger partial charge on any atom is 0.0622 e. The fourth-order valence-corrected chi connectivity index (χ4v) is 2.73. The number of ether oxygens (including phenoxy) is 1. The van der Waals surface area contributed by atoms with Crippen LogP contribution in [0.5, 0.6) is 0 Å². The highest BCUT2D eigenvalue weighted by Crippen LogP contribution is 2.18. The Hall–Kier alpha value is -0.120. The van der Waals surface area contributed by atoms with E-state index in [4.69, 9.17) is 10.5 Å². The SMILES string of the molecule is CCCCCCC(CN)N1CCOCC1CC. The van der Waals surface area contributed by atoms with Crippen LogP contribution in [0.15, 0.2) is 0 Å². The van der Waals surface area contributed by atoms with E-state index in [-0.39, 0.29) is 0 Å². The van der Waals surface area contributed by atoms with Crippen LogP contribution >= 0.6 is 0 Å². The molecule has 2 N–H and O–H groups in total. The maximum absolute atomic E-state index is 5.95. The first-order chi connectivity index (χ1) is 8.33. The molecular weight excluding hydrogens is 212 g/mol. The van der Waals surface area contributed by atoms with Gasteiger partial charge in [-0.2, -0.15) is 0 Å². The second kappa shape index (κ2) is 8.90. The largest absolute Gasteiger partial charge is 0.378 e. The van der Waals surface area contributed by atoms with E-state index >= 15 is 0 Å². The molecule has 3 heteroatoms. The zero-order valence-corrected chi connectivity index (χ0v) is 11.7. The van der Waals surface area contributed by atoms with Gasteiger partial charge in [-0.15, -0.1) is 0 Å². The van der Waals surface area contributed by atoms with Gasteiger partial charge in [-0.1, -0.05) is 39.5 Å². The lowest BCUT2D eigenvalue weighted by Crippen LogP contribution is -2.52. The van der Waals surface area contributed by atoms with Gasteiger partial charge >= 0.3 is 0 Å². The molecule has 1 saturated heterocycles. The summed E-state index contributed by atoms with van der Waals surface area (Å²) in [5, 5.41) is 0. The third kappa shape index (κ3) is 4.94. The Morgan fingerprint density at radius 3 is 2.76 bits per heavy atom. The molecule has 102 valence electrons. The van der Waals surface area contributed by atoms with Gasteiger partial charge in [-0.3, -0.25) is 4.90 Å². The van der Waals surface area contributed by atoms with Crippen LogP contribution < -0.4 is 5.73 Å². The maximum atomic E-state index is 5.95. The quantitative estimate of drug-likeness (QED) is 0.664. The Morgan fingerprint density at radius 2 is 2.12 bits per heavy atom. The van der Waals surface area contributed by atoms with Crippen LogP contribution in [0.2, 0.25) is 0 Å². The van der Waals surface area contributed by atoms with Crippen LogP contribution in [0.4, 0.5) is 0 Å². The number of hydrogen-bond acceptors (Lipinski definition) is 3. The second-order valence-electron chi connectivity index (χ2n) is 5.11. The molecule has 0 saturated carbocycles. The Balaban J connectivity index is 2.35. The van der Waals surface area contributed by atoms with Crippen LogP contribution in [0, 0.1) is 0 Å². The van der Waals surface area contributed by atoms with Crippen molar-refractivity contribution in [3.63, 3.8) is 0 Å². The molecule has 1 heterocycles. The van der Waals surface area contributed by atoms with Gasteiger partial charge < -0.3 is 10.5 Å². The monoisotopic (exact) mass is 242 g/mol. The zero-order chi connectivity index (χ0) is 12.5. The lowest BCUT2D eigenvalue weighted by molar-refractivity contribution is -0.0302. The minimum Gasteiger partial charge on any atom is -0.378 e. The Labute approximate surface area is 107 Å². The van der Waals surface area contributed by atoms with Gasteiger partial charge in [0.1, 0.15) is 0 Å². The van der Waals surface area contributed by atoms with E-state index in [9.17, 15) is 0 Å². The van der Waals surface area contributed by atoms with Crippen LogP contribution in [0.1, 0.15) is 52.4 Å². The first-order valence-corrected chi connectivity index (χ1v) is 7.37. The van der Waals surface area contributed by atoms with Gasteiger partial charge in [0.05, 0.1) is 13.2 Å². The normalized spacial score (nSPS) is 23.8. The van der Waals surface area contributed by atoms with E-state index in [1.54, 1.807) is 0 Å². The minimum atomic E-state index is 0.570. The fraction of sp³-hybridized carbons (Fsp3) is 1.00. The highest BCUT2D eigenvalue weighted by atomic mass is 16.5. The molecule has 17 heavy (non-hydrogen) atoms. The lowest BCUT2D eigenvalue weighted by Gasteiger charge is -2.40. The van der Waals surface area contributed by atoms with Gasteiger partial charge in [0.15, 0.2) is 0 Å². The van der Waals surface area contributed by atoms with Crippen molar-refractivity contribution in [2.24, 2.45) is 5.73 Å². The van der Waals surface area contributed by atoms with E-state index in [0.717, 1.165) is 26.3 Å². The highest BCUT2D eigenvalue weighted by molar-refractivity contribution is 4.81. The molecule has 0 aromatic carbocycles. The number of nitrogens with two attached hydrogens (primary N) is 1. The first kappa shape index (κ1) is 14.9. The smallest absolute Gasteiger partial charge is 0.0622 e. The van der Waals surface area contributed by atoms with Crippen molar-refractivity contribution < 1.29 is 4.74 Å². The molecular formula is C14H30N2O. The zero-order valence-electron chi connectivity index (χ0n) is 11.7. The predicted molar refractivity (Wildman–Crippen MR) is 73.2 cm³/mol. The topological polar surface area (TPSA) is 38.5 Å². The summed E-state index contributed by atoms with van der Waals surface area (Å²) in [5.74, 6) is 0. The van der Waals surface area contributed by atoms with Gasteiger partial charge in [0, 0.05) is 25.2 Å². The van der Waals surface area contributed by atoms with Crippen molar-refractivity contribution >= 4 is 0 Å². The highest BCUT2D eigenvalue weighted by Gasteiger charge is 2.26. The molecule has 0 spiro atoms. The van der Waals surface area contributed by atoms with E-state index < -0.39 is 0 Å². The third-order valence-electron chi connectivity index (χ3n) is 3.88. The lowest BCUT2D eigenvalue weighted by atomic mass is 10.0. The van der Waals surface area contributed by atoms with Crippen LogP contribution in [0.3, 0.4) is 0 Å². The van der Waals surface area contributed by atoms with Crippen molar-refractivity contribution in [3.05, 3.63) is 0 Å². The average Bonchev–Trinajstić information content (AvgIpc) is 2.39. The van der Waals surface area contributed by atoms with Crippen LogP contribution in [0.25, 0.3) is 0 Å². The molecule has 1 aliphatic heterocycles. The number of rotatable bonds is 8. The molecule has 0 bridgehead atoms. The molecule has 1 rings (SSSR count). The summed E-state index contributed by atoms with van der Waals surface area (Å²) in [6, 6.07) is 1.16. The molecule has 0 amide bonds. The average molecular weight is 242 g/mol. The predicted octanol–water partition coefficient (Wildman–Crippen LogP) is 2.39. The summed E-state index contributed by atoms with van der Waals surface area (Å²) in [6.07, 6.45) is 7.77. The van der Waals surface area contributed by atoms with Crippen LogP contribution in [-0.4, -0.2) is 43.3 Å². The Morgan fingerprint density at radius 1 is 1.29 bits per heavy atom. The van der Waals surface area contributed by atoms with E-state index in [1.165, 1.54) is 38.5 Å². The van der Waals surface area contributed by atoms with Crippen molar-refractivity contribution in [1.82, 2.24) is 4.90 Å². The van der Waals surface area contributed by atoms with Gasteiger partial charge in [0.25, 0.3) is 0 Å². The first-order valence-electron chi connectivity index (χ1n) is 7.37. The fourth-order valence-electron chi connectivity index (χ4n) is 2.73. The molecule has 1 fully saturated rings. The molecule has 1 aliphatic rings. The molecule has 0 aromatic rings. The Bertz CT molecular complexity index is 187. The summed E-state index contributed by atoms with van der Waals surface area (Å²) in [7, 11) is 0. The van der Waals surface area contributed by atoms with Gasteiger partial charge in [-0.25, -0.2) is 0 Å². The molecule has 0 aromatic heterocycles. The second-order valence-corrected chi connectivity index (χ2v) is 5.11. The summed E-state index contributed by atoms with van der Waals surface area (Å²) in [4.78, 5) is 2.59. The minimum absolute atomic E-state index is 0.570. The number of nitrogens with zero attached hydrogens (tertiary/aromatic N) is 1. The van der Waals surface area contributed by atoms with E-state index in [1.807, 2.05) is 0 Å². The van der Waals surface area contributed by atoms with Gasteiger partial charge in [-0.05, 0) is 12.8 Å². The van der Waals surface area contributed by atoms with Crippen LogP contribution in [-0.2, 0) is 4.74 Å². The van der Waals surface area contributed by atoms with Crippen molar-refractivity contribution in [2.45, 2.75) is 64.5 Å². The molecule has 2 unspecified atom stereocenters. The summed E-state index contributed by atoms with van der Waals surface area (Å²) in [6.45, 7) is 8.13. The molecule has 3 nitrogen and oxygen atoms in total.